The Morgan fingerprint density at radius 1 is 1.19 bits per heavy atom. The molecule has 1 aliphatic heterocycles. The highest BCUT2D eigenvalue weighted by atomic mass is 16.2. The summed E-state index contributed by atoms with van der Waals surface area (Å²) in [5, 5.41) is 3.18. The molecule has 27 heavy (non-hydrogen) atoms. The number of nitrogens with zero attached hydrogens (tertiary/aromatic N) is 2. The molecule has 4 rings (SSSR count). The van der Waals surface area contributed by atoms with Gasteiger partial charge in [-0.3, -0.25) is 4.79 Å². The first-order chi connectivity index (χ1) is 13.2. The lowest BCUT2D eigenvalue weighted by molar-refractivity contribution is -0.123. The lowest BCUT2D eigenvalue weighted by atomic mass is 9.97. The van der Waals surface area contributed by atoms with Crippen molar-refractivity contribution in [2.45, 2.75) is 52.6 Å². The van der Waals surface area contributed by atoms with Crippen LogP contribution in [0.3, 0.4) is 0 Å². The standard InChI is InChI=1S/C23H29N3O/c1-3-23(4-2)14-20(23)22(27)25-15-18-10-7-12-24-21(18)26-13-11-17-8-5-6-9-19(17)16-26/h5-10,12,20H,3-4,11,13-16H2,1-2H3,(H,25,27)/t20-/m1/s1. The Hall–Kier alpha value is -2.36. The Labute approximate surface area is 162 Å². The van der Waals surface area contributed by atoms with E-state index >= 15 is 0 Å². The van der Waals surface area contributed by atoms with Crippen LogP contribution < -0.4 is 10.2 Å². The number of hydrogen-bond acceptors (Lipinski definition) is 3. The molecule has 0 radical (unpaired) electrons. The number of carbonyl (C=O) groups is 1. The Morgan fingerprint density at radius 2 is 1.96 bits per heavy atom. The quantitative estimate of drug-likeness (QED) is 0.841. The molecular formula is C23H29N3O. The Bertz CT molecular complexity index is 828. The average Bonchev–Trinajstić information content (AvgIpc) is 3.47. The van der Waals surface area contributed by atoms with Crippen molar-refractivity contribution in [1.82, 2.24) is 10.3 Å². The van der Waals surface area contributed by atoms with Crippen molar-refractivity contribution in [2.75, 3.05) is 11.4 Å². The molecule has 0 unspecified atom stereocenters. The maximum absolute atomic E-state index is 12.6. The number of amides is 1. The molecule has 1 fully saturated rings. The zero-order chi connectivity index (χ0) is 18.9. The number of nitrogens with one attached hydrogen (secondary N) is 1. The van der Waals surface area contributed by atoms with Crippen LogP contribution in [0.4, 0.5) is 5.82 Å². The topological polar surface area (TPSA) is 45.2 Å². The predicted octanol–water partition coefficient (Wildman–Crippen LogP) is 4.09. The molecule has 1 aliphatic carbocycles. The second kappa shape index (κ2) is 7.34. The second-order valence-corrected chi connectivity index (χ2v) is 7.97. The Morgan fingerprint density at radius 3 is 2.70 bits per heavy atom. The van der Waals surface area contributed by atoms with Crippen molar-refractivity contribution < 1.29 is 4.79 Å². The van der Waals surface area contributed by atoms with Gasteiger partial charge in [0.05, 0.1) is 0 Å². The van der Waals surface area contributed by atoms with Crippen molar-refractivity contribution in [3.8, 4) is 0 Å². The van der Waals surface area contributed by atoms with Crippen molar-refractivity contribution in [2.24, 2.45) is 11.3 Å². The van der Waals surface area contributed by atoms with Crippen molar-refractivity contribution in [3.05, 3.63) is 59.3 Å². The molecule has 1 saturated carbocycles. The zero-order valence-corrected chi connectivity index (χ0v) is 16.4. The normalized spacial score (nSPS) is 20.1. The summed E-state index contributed by atoms with van der Waals surface area (Å²) in [6.45, 7) is 6.80. The van der Waals surface area contributed by atoms with Crippen LogP contribution in [-0.4, -0.2) is 17.4 Å². The Kier molecular flexibility index (Phi) is 4.90. The molecule has 142 valence electrons. The van der Waals surface area contributed by atoms with Crippen LogP contribution >= 0.6 is 0 Å². The molecule has 4 heteroatoms. The summed E-state index contributed by atoms with van der Waals surface area (Å²) in [6, 6.07) is 12.7. The minimum atomic E-state index is 0.189. The van der Waals surface area contributed by atoms with Crippen molar-refractivity contribution >= 4 is 11.7 Å². The molecule has 0 saturated heterocycles. The fraction of sp³-hybridized carbons (Fsp3) is 0.478. The molecular weight excluding hydrogens is 334 g/mol. The maximum atomic E-state index is 12.6. The number of benzene rings is 1. The first kappa shape index (κ1) is 18.0. The highest BCUT2D eigenvalue weighted by Gasteiger charge is 2.55. The van der Waals surface area contributed by atoms with Gasteiger partial charge in [0.2, 0.25) is 5.91 Å². The molecule has 2 aliphatic rings. The van der Waals surface area contributed by atoms with E-state index in [1.165, 1.54) is 11.1 Å². The van der Waals surface area contributed by atoms with Gasteiger partial charge in [-0.25, -0.2) is 4.98 Å². The first-order valence-corrected chi connectivity index (χ1v) is 10.2. The fourth-order valence-corrected chi connectivity index (χ4v) is 4.58. The third kappa shape index (κ3) is 3.45. The number of hydrogen-bond donors (Lipinski definition) is 1. The van der Waals surface area contributed by atoms with Gasteiger partial charge in [-0.15, -0.1) is 0 Å². The van der Waals surface area contributed by atoms with Crippen molar-refractivity contribution in [1.29, 1.82) is 0 Å². The van der Waals surface area contributed by atoms with Gasteiger partial charge in [0, 0.05) is 37.3 Å². The van der Waals surface area contributed by atoms with Gasteiger partial charge in [-0.2, -0.15) is 0 Å². The van der Waals surface area contributed by atoms with Crippen molar-refractivity contribution in [3.63, 3.8) is 0 Å². The number of fused-ring (bicyclic) bond motifs is 1. The van der Waals surface area contributed by atoms with Gasteiger partial charge in [0.1, 0.15) is 5.82 Å². The van der Waals surface area contributed by atoms with Crippen LogP contribution in [0.25, 0.3) is 0 Å². The van der Waals surface area contributed by atoms with Crippen LogP contribution in [0, 0.1) is 11.3 Å². The third-order valence-corrected chi connectivity index (χ3v) is 6.67. The molecule has 1 amide bonds. The second-order valence-electron chi connectivity index (χ2n) is 7.97. The van der Waals surface area contributed by atoms with E-state index in [2.05, 4.69) is 59.4 Å². The monoisotopic (exact) mass is 363 g/mol. The number of anilines is 1. The predicted molar refractivity (Wildman–Crippen MR) is 108 cm³/mol. The van der Waals surface area contributed by atoms with Gasteiger partial charge >= 0.3 is 0 Å². The number of aromatic nitrogens is 1. The molecule has 0 bridgehead atoms. The summed E-state index contributed by atoms with van der Waals surface area (Å²) in [7, 11) is 0. The third-order valence-electron chi connectivity index (χ3n) is 6.67. The smallest absolute Gasteiger partial charge is 0.223 e. The van der Waals surface area contributed by atoms with E-state index in [0.717, 1.165) is 50.2 Å². The fourth-order valence-electron chi connectivity index (χ4n) is 4.58. The molecule has 1 atom stereocenters. The van der Waals surface area contributed by atoms with Gasteiger partial charge in [-0.1, -0.05) is 44.2 Å². The summed E-state index contributed by atoms with van der Waals surface area (Å²) < 4.78 is 0. The summed E-state index contributed by atoms with van der Waals surface area (Å²) >= 11 is 0. The number of pyridine rings is 1. The number of rotatable bonds is 6. The molecule has 1 aromatic carbocycles. The lowest BCUT2D eigenvalue weighted by Crippen LogP contribution is -2.33. The number of carbonyl (C=O) groups excluding carboxylic acids is 1. The minimum absolute atomic E-state index is 0.189. The zero-order valence-electron chi connectivity index (χ0n) is 16.4. The molecule has 1 N–H and O–H groups in total. The Balaban J connectivity index is 1.44. The highest BCUT2D eigenvalue weighted by molar-refractivity contribution is 5.82. The van der Waals surface area contributed by atoms with Gasteiger partial charge in [-0.05, 0) is 48.3 Å². The highest BCUT2D eigenvalue weighted by Crippen LogP contribution is 2.57. The maximum Gasteiger partial charge on any atom is 0.223 e. The minimum Gasteiger partial charge on any atom is -0.352 e. The van der Waals surface area contributed by atoms with Crippen LogP contribution in [-0.2, 0) is 24.3 Å². The van der Waals surface area contributed by atoms with Crippen LogP contribution in [0.15, 0.2) is 42.6 Å². The van der Waals surface area contributed by atoms with E-state index in [0.29, 0.717) is 6.54 Å². The van der Waals surface area contributed by atoms with E-state index < -0.39 is 0 Å². The van der Waals surface area contributed by atoms with Gasteiger partial charge in [0.15, 0.2) is 0 Å². The SMILES string of the molecule is CCC1(CC)C[C@@H]1C(=O)NCc1cccnc1N1CCc2ccccc2C1. The van der Waals surface area contributed by atoms with Crippen LogP contribution in [0.1, 0.15) is 49.8 Å². The van der Waals surface area contributed by atoms with E-state index in [1.54, 1.807) is 0 Å². The molecule has 2 aromatic rings. The lowest BCUT2D eigenvalue weighted by Gasteiger charge is -2.31. The van der Waals surface area contributed by atoms with Crippen LogP contribution in [0.2, 0.25) is 0 Å². The van der Waals surface area contributed by atoms with E-state index in [4.69, 9.17) is 0 Å². The largest absolute Gasteiger partial charge is 0.352 e. The first-order valence-electron chi connectivity index (χ1n) is 10.2. The molecule has 4 nitrogen and oxygen atoms in total. The van der Waals surface area contributed by atoms with E-state index in [-0.39, 0.29) is 17.2 Å². The summed E-state index contributed by atoms with van der Waals surface area (Å²) in [5.41, 5.74) is 4.16. The van der Waals surface area contributed by atoms with Gasteiger partial charge in [0.25, 0.3) is 0 Å². The molecule has 1 aromatic heterocycles. The summed E-state index contributed by atoms with van der Waals surface area (Å²) in [4.78, 5) is 19.6. The van der Waals surface area contributed by atoms with Gasteiger partial charge < -0.3 is 10.2 Å². The average molecular weight is 364 g/mol. The van der Waals surface area contributed by atoms with E-state index in [1.807, 2.05) is 12.3 Å². The summed E-state index contributed by atoms with van der Waals surface area (Å²) in [5.74, 6) is 1.40. The molecule has 0 spiro atoms. The summed E-state index contributed by atoms with van der Waals surface area (Å²) in [6.07, 6.45) is 6.10. The van der Waals surface area contributed by atoms with Crippen LogP contribution in [0.5, 0.6) is 0 Å². The molecule has 2 heterocycles. The van der Waals surface area contributed by atoms with E-state index in [9.17, 15) is 4.79 Å².